The minimum absolute atomic E-state index is 0.0369. The van der Waals surface area contributed by atoms with Crippen molar-refractivity contribution in [1.29, 1.82) is 0 Å². The van der Waals surface area contributed by atoms with Gasteiger partial charge in [0.2, 0.25) is 0 Å². The number of carbonyl (C=O) groups is 2. The van der Waals surface area contributed by atoms with Gasteiger partial charge in [0, 0.05) is 24.2 Å². The van der Waals surface area contributed by atoms with Gasteiger partial charge in [-0.2, -0.15) is 0 Å². The molecule has 140 valence electrons. The summed E-state index contributed by atoms with van der Waals surface area (Å²) in [5.74, 6) is -0.560. The molecular weight excluding hydrogens is 346 g/mol. The van der Waals surface area contributed by atoms with E-state index >= 15 is 0 Å². The van der Waals surface area contributed by atoms with Crippen LogP contribution in [0.5, 0.6) is 11.5 Å². The van der Waals surface area contributed by atoms with Crippen LogP contribution in [0, 0.1) is 6.92 Å². The number of hydrogen-bond donors (Lipinski definition) is 1. The van der Waals surface area contributed by atoms with Crippen LogP contribution in [0.2, 0.25) is 0 Å². The van der Waals surface area contributed by atoms with Crippen molar-refractivity contribution in [3.8, 4) is 11.5 Å². The van der Waals surface area contributed by atoms with Gasteiger partial charge >= 0.3 is 0 Å². The van der Waals surface area contributed by atoms with E-state index in [9.17, 15) is 14.7 Å². The minimum Gasteiger partial charge on any atom is -0.507 e. The molecule has 3 rings (SSSR count). The van der Waals surface area contributed by atoms with Crippen LogP contribution in [0.4, 0.5) is 0 Å². The smallest absolute Gasteiger partial charge is 0.295 e. The number of Topliss-reactive ketones (excluding diaryl/α,β-unsaturated/α-hetero) is 1. The fraction of sp³-hybridized carbons (Fsp3) is 0.238. The van der Waals surface area contributed by atoms with Gasteiger partial charge in [0.05, 0.1) is 25.8 Å². The van der Waals surface area contributed by atoms with E-state index in [4.69, 9.17) is 9.47 Å². The molecule has 27 heavy (non-hydrogen) atoms. The fourth-order valence-corrected chi connectivity index (χ4v) is 3.22. The van der Waals surface area contributed by atoms with Crippen LogP contribution in [0.15, 0.2) is 48.0 Å². The first-order valence-electron chi connectivity index (χ1n) is 8.42. The summed E-state index contributed by atoms with van der Waals surface area (Å²) in [4.78, 5) is 26.3. The first kappa shape index (κ1) is 18.5. The lowest BCUT2D eigenvalue weighted by Crippen LogP contribution is -2.25. The maximum absolute atomic E-state index is 12.6. The zero-order valence-electron chi connectivity index (χ0n) is 15.6. The number of ether oxygens (including phenoxy) is 2. The third kappa shape index (κ3) is 3.14. The molecule has 2 aromatic rings. The van der Waals surface area contributed by atoms with Crippen molar-refractivity contribution in [2.75, 3.05) is 21.3 Å². The summed E-state index contributed by atoms with van der Waals surface area (Å²) in [5, 5.41) is 10.8. The Bertz CT molecular complexity index is 930. The van der Waals surface area contributed by atoms with E-state index in [2.05, 4.69) is 0 Å². The van der Waals surface area contributed by atoms with Gasteiger partial charge < -0.3 is 19.5 Å². The van der Waals surface area contributed by atoms with Crippen molar-refractivity contribution in [2.45, 2.75) is 13.0 Å². The predicted octanol–water partition coefficient (Wildman–Crippen LogP) is 3.06. The topological polar surface area (TPSA) is 76.1 Å². The van der Waals surface area contributed by atoms with Crippen molar-refractivity contribution in [3.63, 3.8) is 0 Å². The highest BCUT2D eigenvalue weighted by Gasteiger charge is 2.45. The van der Waals surface area contributed by atoms with E-state index in [0.717, 1.165) is 5.56 Å². The predicted molar refractivity (Wildman–Crippen MR) is 101 cm³/mol. The molecule has 0 saturated carbocycles. The van der Waals surface area contributed by atoms with Crippen LogP contribution in [0.3, 0.4) is 0 Å². The second-order valence-corrected chi connectivity index (χ2v) is 6.38. The van der Waals surface area contributed by atoms with Gasteiger partial charge in [0.1, 0.15) is 17.3 Å². The highest BCUT2D eigenvalue weighted by molar-refractivity contribution is 6.46. The normalized spacial score (nSPS) is 18.7. The minimum atomic E-state index is -0.757. The number of methoxy groups -OCH3 is 2. The van der Waals surface area contributed by atoms with E-state index < -0.39 is 17.7 Å². The average Bonchev–Trinajstić information content (AvgIpc) is 2.91. The summed E-state index contributed by atoms with van der Waals surface area (Å²) in [6, 6.07) is 11.5. The highest BCUT2D eigenvalue weighted by atomic mass is 16.5. The number of hydrogen-bond acceptors (Lipinski definition) is 5. The maximum Gasteiger partial charge on any atom is 0.295 e. The number of aliphatic hydroxyl groups is 1. The Hall–Kier alpha value is -3.28. The van der Waals surface area contributed by atoms with Gasteiger partial charge in [0.15, 0.2) is 0 Å². The van der Waals surface area contributed by atoms with E-state index in [-0.39, 0.29) is 11.3 Å². The summed E-state index contributed by atoms with van der Waals surface area (Å²) in [6.07, 6.45) is 0. The number of ketones is 1. The Kier molecular flexibility index (Phi) is 4.90. The Labute approximate surface area is 157 Å². The summed E-state index contributed by atoms with van der Waals surface area (Å²) in [5.41, 5.74) is 2.13. The molecule has 1 atom stereocenters. The standard InChI is InChI=1S/C21H21NO5/c1-12-5-7-13(8-6-12)19(23)17-18(22(2)21(25)20(17)24)15-10-9-14(26-3)11-16(15)27-4/h5-11,18,23H,1-4H3/b19-17+. The number of carbonyl (C=O) groups excluding carboxylic acids is 2. The molecule has 6 heteroatoms. The summed E-state index contributed by atoms with van der Waals surface area (Å²) in [6.45, 7) is 1.93. The van der Waals surface area contributed by atoms with Crippen molar-refractivity contribution < 1.29 is 24.2 Å². The first-order chi connectivity index (χ1) is 12.9. The first-order valence-corrected chi connectivity index (χ1v) is 8.42. The molecule has 1 amide bonds. The Balaban J connectivity index is 2.20. The molecule has 6 nitrogen and oxygen atoms in total. The Morgan fingerprint density at radius 2 is 1.70 bits per heavy atom. The van der Waals surface area contributed by atoms with Crippen LogP contribution < -0.4 is 9.47 Å². The maximum atomic E-state index is 12.6. The van der Waals surface area contributed by atoms with Crippen molar-refractivity contribution in [2.24, 2.45) is 0 Å². The molecule has 0 radical (unpaired) electrons. The number of amides is 1. The fourth-order valence-electron chi connectivity index (χ4n) is 3.22. The quantitative estimate of drug-likeness (QED) is 0.511. The van der Waals surface area contributed by atoms with E-state index in [0.29, 0.717) is 22.6 Å². The van der Waals surface area contributed by atoms with E-state index in [1.54, 1.807) is 30.3 Å². The number of aliphatic hydroxyl groups excluding tert-OH is 1. The lowest BCUT2D eigenvalue weighted by atomic mass is 9.94. The molecule has 0 spiro atoms. The van der Waals surface area contributed by atoms with Crippen molar-refractivity contribution in [3.05, 3.63) is 64.7 Å². The largest absolute Gasteiger partial charge is 0.507 e. The zero-order valence-corrected chi connectivity index (χ0v) is 15.6. The average molecular weight is 367 g/mol. The van der Waals surface area contributed by atoms with Gasteiger partial charge in [0.25, 0.3) is 11.7 Å². The number of rotatable bonds is 4. The molecule has 1 unspecified atom stereocenters. The zero-order chi connectivity index (χ0) is 19.7. The molecule has 1 N–H and O–H groups in total. The summed E-state index contributed by atoms with van der Waals surface area (Å²) < 4.78 is 10.6. The number of nitrogens with zero attached hydrogens (tertiary/aromatic N) is 1. The monoisotopic (exact) mass is 367 g/mol. The number of aryl methyl sites for hydroxylation is 1. The SMILES string of the molecule is COc1ccc(C2/C(=C(\O)c3ccc(C)cc3)C(=O)C(=O)N2C)c(OC)c1. The number of likely N-dealkylation sites (N-methyl/N-ethyl adjacent to an activating group) is 1. The van der Waals surface area contributed by atoms with Gasteiger partial charge in [-0.15, -0.1) is 0 Å². The molecule has 0 bridgehead atoms. The molecule has 2 aromatic carbocycles. The third-order valence-electron chi connectivity index (χ3n) is 4.74. The molecule has 0 aromatic heterocycles. The summed E-state index contributed by atoms with van der Waals surface area (Å²) in [7, 11) is 4.57. The summed E-state index contributed by atoms with van der Waals surface area (Å²) >= 11 is 0. The lowest BCUT2D eigenvalue weighted by molar-refractivity contribution is -0.139. The lowest BCUT2D eigenvalue weighted by Gasteiger charge is -2.23. The van der Waals surface area contributed by atoms with E-state index in [1.165, 1.54) is 26.2 Å². The van der Waals surface area contributed by atoms with Crippen LogP contribution in [-0.4, -0.2) is 43.0 Å². The van der Waals surface area contributed by atoms with Crippen molar-refractivity contribution >= 4 is 17.4 Å². The number of likely N-dealkylation sites (tertiary alicyclic amines) is 1. The molecule has 1 saturated heterocycles. The van der Waals surface area contributed by atoms with Gasteiger partial charge in [-0.3, -0.25) is 9.59 Å². The van der Waals surface area contributed by atoms with Gasteiger partial charge in [-0.25, -0.2) is 0 Å². The van der Waals surface area contributed by atoms with Crippen LogP contribution >= 0.6 is 0 Å². The third-order valence-corrected chi connectivity index (χ3v) is 4.74. The molecule has 1 fully saturated rings. The number of benzene rings is 2. The molecule has 0 aliphatic carbocycles. The molecule has 1 heterocycles. The van der Waals surface area contributed by atoms with Gasteiger partial charge in [-0.1, -0.05) is 29.8 Å². The van der Waals surface area contributed by atoms with Crippen LogP contribution in [0.25, 0.3) is 5.76 Å². The molecular formula is C21H21NO5. The Morgan fingerprint density at radius 3 is 2.30 bits per heavy atom. The second kappa shape index (κ2) is 7.15. The van der Waals surface area contributed by atoms with Crippen LogP contribution in [0.1, 0.15) is 22.7 Å². The van der Waals surface area contributed by atoms with E-state index in [1.807, 2.05) is 19.1 Å². The second-order valence-electron chi connectivity index (χ2n) is 6.38. The highest BCUT2D eigenvalue weighted by Crippen LogP contribution is 2.42. The Morgan fingerprint density at radius 1 is 1.04 bits per heavy atom. The van der Waals surface area contributed by atoms with Crippen molar-refractivity contribution in [1.82, 2.24) is 4.90 Å². The molecule has 1 aliphatic heterocycles. The molecule has 1 aliphatic rings. The van der Waals surface area contributed by atoms with Gasteiger partial charge in [-0.05, 0) is 19.1 Å². The van der Waals surface area contributed by atoms with Crippen LogP contribution in [-0.2, 0) is 9.59 Å².